The first-order valence-corrected chi connectivity index (χ1v) is 14.7. The summed E-state index contributed by atoms with van der Waals surface area (Å²) in [7, 11) is 0. The molecule has 44 heavy (non-hydrogen) atoms. The predicted octanol–water partition coefficient (Wildman–Crippen LogP) is 9.12. The number of hydrogen-bond donors (Lipinski definition) is 0. The first-order valence-electron chi connectivity index (χ1n) is 14.7. The number of hydrogen-bond acceptors (Lipinski definition) is 5. The minimum absolute atomic E-state index is 0.177. The van der Waals surface area contributed by atoms with Crippen LogP contribution < -0.4 is 19.6 Å². The summed E-state index contributed by atoms with van der Waals surface area (Å²) in [6, 6.07) is 35.5. The molecule has 0 unspecified atom stereocenters. The highest BCUT2D eigenvalue weighted by Crippen LogP contribution is 2.33. The average molecular weight is 583 g/mol. The van der Waals surface area contributed by atoms with E-state index < -0.39 is 0 Å². The summed E-state index contributed by atoms with van der Waals surface area (Å²) >= 11 is 0. The second-order valence-electron chi connectivity index (χ2n) is 11.1. The second kappa shape index (κ2) is 12.9. The van der Waals surface area contributed by atoms with Crippen molar-refractivity contribution in [2.45, 2.75) is 40.6 Å². The Morgan fingerprint density at radius 2 is 1.02 bits per heavy atom. The molecule has 0 aliphatic rings. The van der Waals surface area contributed by atoms with E-state index in [2.05, 4.69) is 50.2 Å². The van der Waals surface area contributed by atoms with Gasteiger partial charge in [0.1, 0.15) is 54.3 Å². The molecule has 220 valence electrons. The molecule has 5 nitrogen and oxygen atoms in total. The zero-order valence-electron chi connectivity index (χ0n) is 25.1. The SMILES string of the molecule is Cc1ccc(COc2ccc(-c3coc4cc(OCc5ccc(C)cc5)cc(OCc5ccc(C)cc5)c4c3=O)cc2)cc1. The molecule has 6 aromatic rings. The molecule has 0 N–H and O–H groups in total. The van der Waals surface area contributed by atoms with E-state index in [1.54, 1.807) is 12.1 Å². The van der Waals surface area contributed by atoms with Crippen molar-refractivity contribution in [2.24, 2.45) is 0 Å². The minimum atomic E-state index is -0.177. The van der Waals surface area contributed by atoms with Crippen molar-refractivity contribution < 1.29 is 18.6 Å². The fourth-order valence-electron chi connectivity index (χ4n) is 4.87. The lowest BCUT2D eigenvalue weighted by Gasteiger charge is -2.14. The Morgan fingerprint density at radius 3 is 1.55 bits per heavy atom. The number of fused-ring (bicyclic) bond motifs is 1. The highest BCUT2D eigenvalue weighted by molar-refractivity contribution is 5.88. The molecule has 0 saturated heterocycles. The molecule has 0 aliphatic carbocycles. The van der Waals surface area contributed by atoms with Gasteiger partial charge < -0.3 is 18.6 Å². The summed E-state index contributed by atoms with van der Waals surface area (Å²) in [4.78, 5) is 13.9. The molecule has 0 amide bonds. The van der Waals surface area contributed by atoms with Crippen LogP contribution in [-0.4, -0.2) is 0 Å². The molecule has 0 spiro atoms. The monoisotopic (exact) mass is 582 g/mol. The first kappa shape index (κ1) is 28.8. The third-order valence-corrected chi connectivity index (χ3v) is 7.55. The highest BCUT2D eigenvalue weighted by atomic mass is 16.5. The van der Waals surface area contributed by atoms with Gasteiger partial charge in [-0.1, -0.05) is 102 Å². The molecule has 5 heteroatoms. The maximum atomic E-state index is 13.9. The van der Waals surface area contributed by atoms with E-state index in [0.29, 0.717) is 47.9 Å². The van der Waals surface area contributed by atoms with Crippen LogP contribution in [0, 0.1) is 20.8 Å². The summed E-state index contributed by atoms with van der Waals surface area (Å²) in [5.74, 6) is 1.69. The molecule has 1 aromatic heterocycles. The molecule has 0 saturated carbocycles. The van der Waals surface area contributed by atoms with Crippen LogP contribution in [0.2, 0.25) is 0 Å². The number of rotatable bonds is 10. The standard InChI is InChI=1S/C39H34O5/c1-26-4-10-29(11-5-26)22-41-33-18-16-32(17-19-33)35-25-44-37-21-34(42-23-30-12-6-27(2)7-13-30)20-36(38(37)39(35)40)43-24-31-14-8-28(3)9-15-31/h4-21,25H,22-24H2,1-3H3. The van der Waals surface area contributed by atoms with Crippen molar-refractivity contribution >= 4 is 11.0 Å². The van der Waals surface area contributed by atoms with Crippen LogP contribution in [0.25, 0.3) is 22.1 Å². The van der Waals surface area contributed by atoms with Crippen molar-refractivity contribution in [2.75, 3.05) is 0 Å². The van der Waals surface area contributed by atoms with E-state index in [-0.39, 0.29) is 5.43 Å². The highest BCUT2D eigenvalue weighted by Gasteiger charge is 2.17. The zero-order valence-corrected chi connectivity index (χ0v) is 25.1. The van der Waals surface area contributed by atoms with Crippen molar-refractivity contribution in [3.8, 4) is 28.4 Å². The summed E-state index contributed by atoms with van der Waals surface area (Å²) < 4.78 is 24.4. The van der Waals surface area contributed by atoms with E-state index in [1.807, 2.05) is 67.6 Å². The van der Waals surface area contributed by atoms with Gasteiger partial charge in [0.25, 0.3) is 0 Å². The number of aryl methyl sites for hydroxylation is 3. The largest absolute Gasteiger partial charge is 0.489 e. The van der Waals surface area contributed by atoms with Crippen molar-refractivity contribution in [3.05, 3.63) is 159 Å². The van der Waals surface area contributed by atoms with Crippen LogP contribution in [0.3, 0.4) is 0 Å². The molecular weight excluding hydrogens is 548 g/mol. The third-order valence-electron chi connectivity index (χ3n) is 7.55. The van der Waals surface area contributed by atoms with Crippen molar-refractivity contribution in [1.82, 2.24) is 0 Å². The first-order chi connectivity index (χ1) is 21.4. The lowest BCUT2D eigenvalue weighted by atomic mass is 10.0. The Balaban J connectivity index is 1.28. The van der Waals surface area contributed by atoms with Gasteiger partial charge in [-0.05, 0) is 55.2 Å². The summed E-state index contributed by atoms with van der Waals surface area (Å²) in [6.07, 6.45) is 1.50. The molecule has 0 radical (unpaired) electrons. The van der Waals surface area contributed by atoms with Gasteiger partial charge in [-0.2, -0.15) is 0 Å². The van der Waals surface area contributed by atoms with Crippen LogP contribution in [0.4, 0.5) is 0 Å². The molecule has 0 bridgehead atoms. The summed E-state index contributed by atoms with van der Waals surface area (Å²) in [5, 5.41) is 0.372. The molecule has 6 rings (SSSR count). The van der Waals surface area contributed by atoms with E-state index >= 15 is 0 Å². The van der Waals surface area contributed by atoms with Gasteiger partial charge in [0.05, 0.1) is 5.56 Å². The Morgan fingerprint density at radius 1 is 0.545 bits per heavy atom. The minimum Gasteiger partial charge on any atom is -0.489 e. The fourth-order valence-corrected chi connectivity index (χ4v) is 4.87. The smallest absolute Gasteiger partial charge is 0.204 e. The molecular formula is C39H34O5. The topological polar surface area (TPSA) is 57.9 Å². The van der Waals surface area contributed by atoms with Gasteiger partial charge >= 0.3 is 0 Å². The normalized spacial score (nSPS) is 11.0. The third kappa shape index (κ3) is 6.84. The molecule has 5 aromatic carbocycles. The quantitative estimate of drug-likeness (QED) is 0.161. The Labute approximate surface area is 257 Å². The predicted molar refractivity (Wildman–Crippen MR) is 174 cm³/mol. The maximum absolute atomic E-state index is 13.9. The lowest BCUT2D eigenvalue weighted by Crippen LogP contribution is -2.08. The van der Waals surface area contributed by atoms with Gasteiger partial charge in [-0.15, -0.1) is 0 Å². The van der Waals surface area contributed by atoms with Crippen molar-refractivity contribution in [1.29, 1.82) is 0 Å². The van der Waals surface area contributed by atoms with E-state index in [4.69, 9.17) is 18.6 Å². The van der Waals surface area contributed by atoms with Gasteiger partial charge in [0.15, 0.2) is 0 Å². The van der Waals surface area contributed by atoms with Crippen molar-refractivity contribution in [3.63, 3.8) is 0 Å². The lowest BCUT2D eigenvalue weighted by molar-refractivity contribution is 0.292. The second-order valence-corrected chi connectivity index (χ2v) is 11.1. The molecule has 0 fully saturated rings. The molecule has 0 atom stereocenters. The van der Waals surface area contributed by atoms with Crippen LogP contribution in [0.5, 0.6) is 17.2 Å². The fraction of sp³-hybridized carbons (Fsp3) is 0.154. The maximum Gasteiger partial charge on any atom is 0.204 e. The Kier molecular flexibility index (Phi) is 8.46. The number of benzene rings is 5. The molecule has 1 heterocycles. The summed E-state index contributed by atoms with van der Waals surface area (Å²) in [5.41, 5.74) is 8.09. The van der Waals surface area contributed by atoms with Gasteiger partial charge in [0.2, 0.25) is 5.43 Å². The van der Waals surface area contributed by atoms with Gasteiger partial charge in [-0.25, -0.2) is 0 Å². The van der Waals surface area contributed by atoms with Crippen LogP contribution in [0.1, 0.15) is 33.4 Å². The number of ether oxygens (including phenoxy) is 3. The zero-order chi connectivity index (χ0) is 30.5. The molecule has 0 aliphatic heterocycles. The van der Waals surface area contributed by atoms with E-state index in [9.17, 15) is 4.79 Å². The Hall–Kier alpha value is -5.29. The van der Waals surface area contributed by atoms with Gasteiger partial charge in [-0.3, -0.25) is 4.79 Å². The van der Waals surface area contributed by atoms with Crippen LogP contribution in [-0.2, 0) is 19.8 Å². The van der Waals surface area contributed by atoms with Crippen LogP contribution in [0.15, 0.2) is 125 Å². The summed E-state index contributed by atoms with van der Waals surface area (Å²) in [6.45, 7) is 7.30. The van der Waals surface area contributed by atoms with Crippen LogP contribution >= 0.6 is 0 Å². The van der Waals surface area contributed by atoms with Gasteiger partial charge in [0, 0.05) is 12.1 Å². The Bertz CT molecular complexity index is 1920. The van der Waals surface area contributed by atoms with E-state index in [1.165, 1.54) is 23.0 Å². The average Bonchev–Trinajstić information content (AvgIpc) is 3.04. The van der Waals surface area contributed by atoms with E-state index in [0.717, 1.165) is 28.0 Å².